The van der Waals surface area contributed by atoms with Gasteiger partial charge in [0.15, 0.2) is 0 Å². The largest absolute Gasteiger partial charge is 0.379 e. The summed E-state index contributed by atoms with van der Waals surface area (Å²) in [6.45, 7) is 7.87. The zero-order valence-electron chi connectivity index (χ0n) is 17.1. The lowest BCUT2D eigenvalue weighted by atomic mass is 10.1. The number of rotatable bonds is 6. The van der Waals surface area contributed by atoms with Crippen molar-refractivity contribution in [2.45, 2.75) is 32.0 Å². The molecule has 2 fully saturated rings. The first-order valence-electron chi connectivity index (χ1n) is 10.1. The molecule has 1 aromatic heterocycles. The number of nitrogens with zero attached hydrogens (tertiary/aromatic N) is 4. The average molecular weight is 457 g/mol. The molecule has 0 aliphatic carbocycles. The number of carbonyl (C=O) groups excluding carboxylic acids is 1. The number of ether oxygens (including phenoxy) is 1. The maximum atomic E-state index is 12.0. The van der Waals surface area contributed by atoms with E-state index >= 15 is 0 Å². The van der Waals surface area contributed by atoms with Crippen LogP contribution < -0.4 is 10.6 Å². The van der Waals surface area contributed by atoms with Gasteiger partial charge in [0.05, 0.1) is 31.5 Å². The predicted molar refractivity (Wildman–Crippen MR) is 120 cm³/mol. The Hall–Kier alpha value is -1.71. The van der Waals surface area contributed by atoms with Gasteiger partial charge in [-0.1, -0.05) is 29.5 Å². The van der Waals surface area contributed by atoms with Crippen molar-refractivity contribution in [1.29, 1.82) is 0 Å². The molecule has 0 saturated carbocycles. The number of hydrogen-bond acceptors (Lipinski definition) is 6. The average Bonchev–Trinajstić information content (AvgIpc) is 3.39. The highest BCUT2D eigenvalue weighted by Crippen LogP contribution is 2.23. The lowest BCUT2D eigenvalue weighted by molar-refractivity contribution is -0.122. The number of aromatic nitrogens is 3. The van der Waals surface area contributed by atoms with E-state index in [-0.39, 0.29) is 42.8 Å². The molecular weight excluding hydrogens is 427 g/mol. The molecule has 0 spiro atoms. The number of nitrogens with one attached hydrogen (secondary N) is 2. The number of morpholine rings is 1. The third-order valence-electron chi connectivity index (χ3n) is 5.42. The maximum Gasteiger partial charge on any atom is 0.237 e. The molecule has 30 heavy (non-hydrogen) atoms. The summed E-state index contributed by atoms with van der Waals surface area (Å²) < 4.78 is 7.28. The minimum absolute atomic E-state index is 0. The van der Waals surface area contributed by atoms with E-state index in [4.69, 9.17) is 4.74 Å². The molecule has 166 valence electrons. The van der Waals surface area contributed by atoms with Crippen molar-refractivity contribution in [2.24, 2.45) is 0 Å². The Morgan fingerprint density at radius 3 is 2.67 bits per heavy atom. The van der Waals surface area contributed by atoms with Gasteiger partial charge in [-0.15, -0.1) is 29.9 Å². The molecule has 1 amide bonds. The highest BCUT2D eigenvalue weighted by Gasteiger charge is 2.30. The first-order valence-corrected chi connectivity index (χ1v) is 10.1. The second kappa shape index (κ2) is 11.6. The fourth-order valence-electron chi connectivity index (χ4n) is 3.80. The van der Waals surface area contributed by atoms with Crippen molar-refractivity contribution in [2.75, 3.05) is 39.4 Å². The number of carbonyl (C=O) groups is 1. The number of likely N-dealkylation sites (N-methyl/N-ethyl adjacent to an activating group) is 1. The van der Waals surface area contributed by atoms with Crippen LogP contribution in [0.15, 0.2) is 30.5 Å². The molecule has 4 rings (SSSR count). The highest BCUT2D eigenvalue weighted by molar-refractivity contribution is 5.85. The van der Waals surface area contributed by atoms with Crippen molar-refractivity contribution >= 4 is 30.7 Å². The molecule has 2 aliphatic rings. The summed E-state index contributed by atoms with van der Waals surface area (Å²) in [6.07, 6.45) is 2.70. The van der Waals surface area contributed by atoms with Gasteiger partial charge in [0.1, 0.15) is 5.69 Å². The minimum Gasteiger partial charge on any atom is -0.379 e. The fourth-order valence-corrected chi connectivity index (χ4v) is 3.80. The van der Waals surface area contributed by atoms with Crippen LogP contribution in [-0.2, 0) is 16.1 Å². The number of hydrogen-bond donors (Lipinski definition) is 2. The Morgan fingerprint density at radius 2 is 1.97 bits per heavy atom. The monoisotopic (exact) mass is 456 g/mol. The summed E-state index contributed by atoms with van der Waals surface area (Å²) in [5.41, 5.74) is 3.21. The molecule has 0 bridgehead atoms. The van der Waals surface area contributed by atoms with Crippen LogP contribution in [0.1, 0.15) is 24.9 Å². The summed E-state index contributed by atoms with van der Waals surface area (Å²) in [4.78, 5) is 14.4. The fraction of sp³-hybridized carbons (Fsp3) is 0.550. The van der Waals surface area contributed by atoms with Gasteiger partial charge >= 0.3 is 0 Å². The summed E-state index contributed by atoms with van der Waals surface area (Å²) in [7, 11) is 0. The van der Waals surface area contributed by atoms with Gasteiger partial charge < -0.3 is 15.4 Å². The van der Waals surface area contributed by atoms with Gasteiger partial charge in [0.25, 0.3) is 0 Å². The third-order valence-corrected chi connectivity index (χ3v) is 5.42. The van der Waals surface area contributed by atoms with Crippen molar-refractivity contribution in [1.82, 2.24) is 30.5 Å². The number of halogens is 2. The van der Waals surface area contributed by atoms with Crippen LogP contribution in [0.3, 0.4) is 0 Å². The van der Waals surface area contributed by atoms with E-state index in [0.29, 0.717) is 6.54 Å². The molecule has 2 aromatic rings. The molecule has 2 saturated heterocycles. The van der Waals surface area contributed by atoms with Crippen LogP contribution in [0.25, 0.3) is 11.3 Å². The van der Waals surface area contributed by atoms with Gasteiger partial charge in [-0.25, -0.2) is 4.68 Å². The van der Waals surface area contributed by atoms with Gasteiger partial charge in [0.2, 0.25) is 5.91 Å². The molecule has 3 heterocycles. The quantitative estimate of drug-likeness (QED) is 0.687. The lowest BCUT2D eigenvalue weighted by Crippen LogP contribution is -2.40. The van der Waals surface area contributed by atoms with Gasteiger partial charge in [-0.2, -0.15) is 0 Å². The second-order valence-corrected chi connectivity index (χ2v) is 7.41. The number of benzene rings is 1. The normalized spacial score (nSPS) is 21.5. The second-order valence-electron chi connectivity index (χ2n) is 7.41. The van der Waals surface area contributed by atoms with E-state index in [1.54, 1.807) is 0 Å². The lowest BCUT2D eigenvalue weighted by Gasteiger charge is -2.26. The van der Waals surface area contributed by atoms with E-state index in [2.05, 4.69) is 50.1 Å². The predicted octanol–water partition coefficient (Wildman–Crippen LogP) is 1.66. The van der Waals surface area contributed by atoms with Crippen molar-refractivity contribution in [3.63, 3.8) is 0 Å². The zero-order valence-corrected chi connectivity index (χ0v) is 18.8. The number of amides is 1. The van der Waals surface area contributed by atoms with E-state index in [1.165, 1.54) is 5.56 Å². The molecular formula is C20H30Cl2N6O2. The molecule has 1 aromatic carbocycles. The van der Waals surface area contributed by atoms with Crippen LogP contribution in [-0.4, -0.2) is 71.2 Å². The molecule has 2 aliphatic heterocycles. The topological polar surface area (TPSA) is 84.3 Å². The summed E-state index contributed by atoms with van der Waals surface area (Å²) in [6, 6.07) is 8.52. The summed E-state index contributed by atoms with van der Waals surface area (Å²) in [5.74, 6) is 0.0567. The Labute approximate surface area is 189 Å². The standard InChI is InChI=1S/C20H28N6O2.2ClH/c1-2-21-20(27)18-11-17(12-22-18)26-14-19(23-24-26)16-5-3-15(4-6-16)13-25-7-9-28-10-8-25;;/h3-6,14,17-18,22H,2,7-13H2,1H3,(H,21,27);2*1H/t17-,18-;;/m0../s1. The Kier molecular flexibility index (Phi) is 9.51. The first kappa shape index (κ1) is 24.6. The Bertz CT molecular complexity index is 795. The van der Waals surface area contributed by atoms with E-state index in [9.17, 15) is 4.79 Å². The molecule has 8 nitrogen and oxygen atoms in total. The van der Waals surface area contributed by atoms with Gasteiger partial charge in [-0.05, 0) is 18.9 Å². The van der Waals surface area contributed by atoms with Crippen molar-refractivity contribution in [3.05, 3.63) is 36.0 Å². The molecule has 0 unspecified atom stereocenters. The van der Waals surface area contributed by atoms with Crippen LogP contribution in [0.2, 0.25) is 0 Å². The SMILES string of the molecule is CCNC(=O)[C@@H]1C[C@H](n2cc(-c3ccc(CN4CCOCC4)cc3)nn2)CN1.Cl.Cl. The van der Waals surface area contributed by atoms with E-state index in [1.807, 2.05) is 17.8 Å². The van der Waals surface area contributed by atoms with Crippen LogP contribution in [0, 0.1) is 0 Å². The van der Waals surface area contributed by atoms with Crippen molar-refractivity contribution in [3.8, 4) is 11.3 Å². The van der Waals surface area contributed by atoms with Crippen molar-refractivity contribution < 1.29 is 9.53 Å². The molecule has 2 N–H and O–H groups in total. The highest BCUT2D eigenvalue weighted by atomic mass is 35.5. The Morgan fingerprint density at radius 1 is 1.23 bits per heavy atom. The zero-order chi connectivity index (χ0) is 19.3. The minimum atomic E-state index is -0.155. The van der Waals surface area contributed by atoms with Crippen LogP contribution in [0.4, 0.5) is 0 Å². The van der Waals surface area contributed by atoms with Gasteiger partial charge in [-0.3, -0.25) is 9.69 Å². The van der Waals surface area contributed by atoms with Crippen LogP contribution >= 0.6 is 24.8 Å². The molecule has 0 radical (unpaired) electrons. The van der Waals surface area contributed by atoms with E-state index < -0.39 is 0 Å². The van der Waals surface area contributed by atoms with Gasteiger partial charge in [0, 0.05) is 38.3 Å². The Balaban J connectivity index is 0.00000160. The summed E-state index contributed by atoms with van der Waals surface area (Å²) >= 11 is 0. The molecule has 2 atom stereocenters. The molecule has 10 heteroatoms. The van der Waals surface area contributed by atoms with E-state index in [0.717, 1.165) is 57.1 Å². The maximum absolute atomic E-state index is 12.0. The first-order chi connectivity index (χ1) is 13.7. The smallest absolute Gasteiger partial charge is 0.237 e. The van der Waals surface area contributed by atoms with Crippen LogP contribution in [0.5, 0.6) is 0 Å². The third kappa shape index (κ3) is 5.92. The summed E-state index contributed by atoms with van der Waals surface area (Å²) in [5, 5.41) is 14.8.